The van der Waals surface area contributed by atoms with Crippen molar-refractivity contribution in [2.75, 3.05) is 0 Å². The Bertz CT molecular complexity index is 532. The van der Waals surface area contributed by atoms with Crippen LogP contribution in [-0.2, 0) is 26.1 Å². The van der Waals surface area contributed by atoms with Gasteiger partial charge in [0.25, 0.3) is 11.6 Å². The van der Waals surface area contributed by atoms with Crippen molar-refractivity contribution < 1.29 is 99.9 Å². The monoisotopic (exact) mass is 510 g/mol. The van der Waals surface area contributed by atoms with Crippen LogP contribution in [-0.4, -0.2) is 57.4 Å². The Labute approximate surface area is 161 Å². The van der Waals surface area contributed by atoms with Crippen molar-refractivity contribution in [2.45, 2.75) is 24.7 Å². The molecule has 0 bridgehead atoms. The summed E-state index contributed by atoms with van der Waals surface area (Å²) in [6, 6.07) is 0. The zero-order chi connectivity index (χ0) is 21.7. The van der Waals surface area contributed by atoms with Gasteiger partial charge in [-0.25, -0.2) is 0 Å². The van der Waals surface area contributed by atoms with E-state index in [0.29, 0.717) is 0 Å². The van der Waals surface area contributed by atoms with E-state index in [-0.39, 0.29) is 27.4 Å². The molecule has 0 heterocycles. The van der Waals surface area contributed by atoms with Crippen molar-refractivity contribution >= 4 is 11.6 Å². The fourth-order valence-corrected chi connectivity index (χ4v) is 0.576. The summed E-state index contributed by atoms with van der Waals surface area (Å²) < 4.78 is 136. The van der Waals surface area contributed by atoms with Crippen LogP contribution in [0.4, 0.5) is 52.7 Å². The van der Waals surface area contributed by atoms with Gasteiger partial charge in [0.05, 0.1) is 0 Å². The molecule has 19 heteroatoms. The Balaban J connectivity index is -0.000000120. The first-order valence-electron chi connectivity index (χ1n) is 5.28. The van der Waals surface area contributed by atoms with Crippen molar-refractivity contribution in [2.24, 2.45) is 0 Å². The molecule has 0 saturated carbocycles. The van der Waals surface area contributed by atoms with Gasteiger partial charge in [-0.15, -0.1) is 0 Å². The van der Waals surface area contributed by atoms with Crippen LogP contribution >= 0.6 is 0 Å². The summed E-state index contributed by atoms with van der Waals surface area (Å²) >= 11 is 0. The quantitative estimate of drug-likeness (QED) is 0.255. The van der Waals surface area contributed by atoms with Crippen molar-refractivity contribution in [3.63, 3.8) is 0 Å². The van der Waals surface area contributed by atoms with Gasteiger partial charge in [-0.2, -0.15) is 52.7 Å². The third-order valence-corrected chi connectivity index (χ3v) is 1.68. The molecule has 0 spiro atoms. The molecule has 6 N–H and O–H groups in total. The van der Waals surface area contributed by atoms with E-state index in [2.05, 4.69) is 0 Å². The molecule has 0 unspecified atom stereocenters. The number of alkyl halides is 12. The summed E-state index contributed by atoms with van der Waals surface area (Å²) in [5, 5.41) is 15.9. The first kappa shape index (κ1) is 37.7. The Morgan fingerprint density at radius 3 is 0.793 bits per heavy atom. The van der Waals surface area contributed by atoms with Crippen molar-refractivity contribution in [3.05, 3.63) is 23.7 Å². The number of ketones is 2. The third-order valence-electron chi connectivity index (χ3n) is 1.68. The van der Waals surface area contributed by atoms with E-state index in [4.69, 9.17) is 10.2 Å². The minimum absolute atomic E-state index is 0. The molecule has 178 valence electrons. The van der Waals surface area contributed by atoms with Gasteiger partial charge >= 0.3 is 24.7 Å². The Kier molecular flexibility index (Phi) is 16.3. The number of rotatable bonds is 2. The molecule has 0 aliphatic rings. The fraction of sp³-hybridized carbons (Fsp3) is 0.400. The van der Waals surface area contributed by atoms with E-state index in [1.165, 1.54) is 0 Å². The van der Waals surface area contributed by atoms with Crippen LogP contribution < -0.4 is 0 Å². The third kappa shape index (κ3) is 16.6. The molecule has 0 aromatic rings. The Morgan fingerprint density at radius 2 is 0.690 bits per heavy atom. The van der Waals surface area contributed by atoms with E-state index < -0.39 is 59.9 Å². The smallest absolute Gasteiger partial charge is 0.454 e. The maximum Gasteiger partial charge on any atom is 0.454 e. The fourth-order valence-electron chi connectivity index (χ4n) is 0.576. The van der Waals surface area contributed by atoms with Gasteiger partial charge in [-0.1, -0.05) is 0 Å². The first-order valence-corrected chi connectivity index (χ1v) is 5.28. The summed E-state index contributed by atoms with van der Waals surface area (Å²) in [5.41, 5.74) is 0. The summed E-state index contributed by atoms with van der Waals surface area (Å²) in [4.78, 5) is 19.7. The number of allylic oxidation sites excluding steroid dienone is 4. The number of hydrogen-bond donors (Lipinski definition) is 2. The number of halogens is 12. The molecule has 0 atom stereocenters. The molecule has 29 heavy (non-hydrogen) atoms. The summed E-state index contributed by atoms with van der Waals surface area (Å²) in [5.74, 6) is -10.7. The maximum absolute atomic E-state index is 11.4. The van der Waals surface area contributed by atoms with Gasteiger partial charge in [0.15, 0.2) is 0 Å². The van der Waals surface area contributed by atoms with Crippen LogP contribution in [0, 0.1) is 0 Å². The molecule has 0 aromatic heterocycles. The van der Waals surface area contributed by atoms with Crippen LogP contribution in [0.1, 0.15) is 0 Å². The second-order valence-corrected chi connectivity index (χ2v) is 3.78. The van der Waals surface area contributed by atoms with E-state index in [0.717, 1.165) is 0 Å². The summed E-state index contributed by atoms with van der Waals surface area (Å²) in [6.45, 7) is 0. The Morgan fingerprint density at radius 1 is 0.517 bits per heavy atom. The molecule has 6 nitrogen and oxygen atoms in total. The predicted molar refractivity (Wildman–Crippen MR) is 62.9 cm³/mol. The van der Waals surface area contributed by atoms with E-state index >= 15 is 0 Å². The average Bonchev–Trinajstić information content (AvgIpc) is 2.34. The first-order chi connectivity index (χ1) is 11.1. The van der Waals surface area contributed by atoms with Gasteiger partial charge in [0.1, 0.15) is 0 Å². The zero-order valence-electron chi connectivity index (χ0n) is 12.7. The molecule has 0 aliphatic heterocycles. The predicted octanol–water partition coefficient (Wildman–Crippen LogP) is 2.59. The van der Waals surface area contributed by atoms with Crippen molar-refractivity contribution in [3.8, 4) is 0 Å². The van der Waals surface area contributed by atoms with Crippen LogP contribution in [0.3, 0.4) is 0 Å². The standard InChI is InChI=1S/2C5H2F6O2.Ni.2H2O/c2*6-4(7,8)2(12)1-3(13)5(9,10)11;;;/h2*1,12H;;2*1H2/b2-1+;2-1-;;;. The molecular formula is C10H8F12NiO6. The van der Waals surface area contributed by atoms with Gasteiger partial charge in [-0.05, 0) is 0 Å². The summed E-state index contributed by atoms with van der Waals surface area (Å²) in [7, 11) is 0. The minimum Gasteiger partial charge on any atom is -0.504 e. The molecule has 0 aromatic carbocycles. The topological polar surface area (TPSA) is 138 Å². The molecule has 0 aliphatic carbocycles. The number of carbonyl (C=O) groups excluding carboxylic acids is 2. The minimum atomic E-state index is -5.42. The Hall–Kier alpha value is -2.01. The second kappa shape index (κ2) is 12.5. The largest absolute Gasteiger partial charge is 0.504 e. The summed E-state index contributed by atoms with van der Waals surface area (Å²) in [6.07, 6.45) is -23.4. The number of aliphatic hydroxyl groups excluding tert-OH is 2. The van der Waals surface area contributed by atoms with Crippen molar-refractivity contribution in [1.82, 2.24) is 0 Å². The van der Waals surface area contributed by atoms with E-state index in [1.807, 2.05) is 0 Å². The van der Waals surface area contributed by atoms with Crippen molar-refractivity contribution in [1.29, 1.82) is 0 Å². The second-order valence-electron chi connectivity index (χ2n) is 3.78. The van der Waals surface area contributed by atoms with E-state index in [9.17, 15) is 62.3 Å². The van der Waals surface area contributed by atoms with Gasteiger partial charge in [0.2, 0.25) is 11.5 Å². The molecule has 0 amide bonds. The zero-order valence-corrected chi connectivity index (χ0v) is 13.7. The average molecular weight is 511 g/mol. The molecular weight excluding hydrogens is 503 g/mol. The van der Waals surface area contributed by atoms with Crippen LogP contribution in [0.5, 0.6) is 0 Å². The van der Waals surface area contributed by atoms with Crippen LogP contribution in [0.2, 0.25) is 0 Å². The normalized spacial score (nSPS) is 13.0. The molecule has 0 fully saturated rings. The molecule has 0 radical (unpaired) electrons. The van der Waals surface area contributed by atoms with Gasteiger partial charge in [0, 0.05) is 28.6 Å². The number of aliphatic hydroxyl groups is 2. The van der Waals surface area contributed by atoms with Gasteiger partial charge < -0.3 is 21.2 Å². The SMILES string of the molecule is O.O.O=C(/C=C(/O)C(F)(F)F)C(F)(F)F.O=C(/C=C(\O)C(F)(F)F)C(F)(F)F.[Ni]. The maximum atomic E-state index is 11.4. The number of hydrogen-bond acceptors (Lipinski definition) is 4. The molecule has 0 saturated heterocycles. The van der Waals surface area contributed by atoms with Crippen LogP contribution in [0.15, 0.2) is 23.7 Å². The van der Waals surface area contributed by atoms with Crippen LogP contribution in [0.25, 0.3) is 0 Å². The molecule has 0 rings (SSSR count). The van der Waals surface area contributed by atoms with Gasteiger partial charge in [-0.3, -0.25) is 9.59 Å². The van der Waals surface area contributed by atoms with E-state index in [1.54, 1.807) is 0 Å². The number of carbonyl (C=O) groups is 2.